The molecule has 7 nitrogen and oxygen atoms in total. The molecular weight excluding hydrogens is 244 g/mol. The summed E-state index contributed by atoms with van der Waals surface area (Å²) in [4.78, 5) is 18.5. The Morgan fingerprint density at radius 3 is 3.12 bits per heavy atom. The first kappa shape index (κ1) is 11.6. The summed E-state index contributed by atoms with van der Waals surface area (Å²) in [5, 5.41) is 13.0. The standard InChI is InChI=1S/C9H10N4O3S/c14-8(15)5-17-9-10-2-4-13(9)3-1-7-11-6-16-12-7/h2,4,6H,1,3,5H2,(H,14,15). The number of thioether (sulfide) groups is 1. The van der Waals surface area contributed by atoms with Crippen molar-refractivity contribution in [3.8, 4) is 0 Å². The zero-order valence-electron chi connectivity index (χ0n) is 8.81. The third-order valence-electron chi connectivity index (χ3n) is 1.99. The van der Waals surface area contributed by atoms with Crippen molar-refractivity contribution >= 4 is 17.7 Å². The van der Waals surface area contributed by atoms with E-state index >= 15 is 0 Å². The molecule has 0 amide bonds. The molecule has 1 N–H and O–H groups in total. The van der Waals surface area contributed by atoms with E-state index in [1.807, 2.05) is 4.57 Å². The van der Waals surface area contributed by atoms with Crippen molar-refractivity contribution in [3.05, 3.63) is 24.6 Å². The average Bonchev–Trinajstić information content (AvgIpc) is 2.95. The highest BCUT2D eigenvalue weighted by Crippen LogP contribution is 2.15. The third kappa shape index (κ3) is 3.31. The van der Waals surface area contributed by atoms with Crippen molar-refractivity contribution in [2.75, 3.05) is 5.75 Å². The summed E-state index contributed by atoms with van der Waals surface area (Å²) in [6.07, 6.45) is 5.33. The van der Waals surface area contributed by atoms with Gasteiger partial charge in [0.15, 0.2) is 11.0 Å². The Bertz CT molecular complexity index is 482. The number of aryl methyl sites for hydroxylation is 2. The first-order chi connectivity index (χ1) is 8.25. The molecule has 0 atom stereocenters. The largest absolute Gasteiger partial charge is 0.481 e. The lowest BCUT2D eigenvalue weighted by Gasteiger charge is -2.04. The molecule has 0 aliphatic rings. The van der Waals surface area contributed by atoms with Gasteiger partial charge in [0.05, 0.1) is 5.75 Å². The van der Waals surface area contributed by atoms with Crippen LogP contribution in [0.2, 0.25) is 0 Å². The van der Waals surface area contributed by atoms with E-state index in [0.717, 1.165) is 0 Å². The maximum atomic E-state index is 10.5. The van der Waals surface area contributed by atoms with E-state index in [4.69, 9.17) is 5.11 Å². The number of imidazole rings is 1. The summed E-state index contributed by atoms with van der Waals surface area (Å²) in [6.45, 7) is 0.640. The molecule has 2 aromatic rings. The van der Waals surface area contributed by atoms with Gasteiger partial charge >= 0.3 is 5.97 Å². The molecule has 2 rings (SSSR count). The molecule has 90 valence electrons. The number of carbonyl (C=O) groups is 1. The van der Waals surface area contributed by atoms with Crippen molar-refractivity contribution in [1.29, 1.82) is 0 Å². The van der Waals surface area contributed by atoms with Crippen molar-refractivity contribution in [2.45, 2.75) is 18.1 Å². The van der Waals surface area contributed by atoms with Gasteiger partial charge in [-0.05, 0) is 0 Å². The summed E-state index contributed by atoms with van der Waals surface area (Å²) in [5.74, 6) is -0.241. The van der Waals surface area contributed by atoms with Gasteiger partial charge in [-0.15, -0.1) is 0 Å². The number of aromatic nitrogens is 4. The predicted molar refractivity (Wildman–Crippen MR) is 58.6 cm³/mol. The molecule has 0 spiro atoms. The van der Waals surface area contributed by atoms with Crippen LogP contribution in [0.1, 0.15) is 5.82 Å². The van der Waals surface area contributed by atoms with Gasteiger partial charge < -0.3 is 14.2 Å². The molecule has 0 saturated heterocycles. The van der Waals surface area contributed by atoms with Crippen LogP contribution < -0.4 is 0 Å². The van der Waals surface area contributed by atoms with E-state index in [-0.39, 0.29) is 5.75 Å². The Kier molecular flexibility index (Phi) is 3.76. The van der Waals surface area contributed by atoms with Crippen molar-refractivity contribution in [3.63, 3.8) is 0 Å². The molecule has 0 radical (unpaired) electrons. The molecule has 0 bridgehead atoms. The summed E-state index contributed by atoms with van der Waals surface area (Å²) < 4.78 is 6.49. The van der Waals surface area contributed by atoms with Gasteiger partial charge in [-0.25, -0.2) is 4.98 Å². The molecule has 0 fully saturated rings. The number of carboxylic acid groups (broad SMARTS) is 1. The maximum Gasteiger partial charge on any atom is 0.313 e. The van der Waals surface area contributed by atoms with Gasteiger partial charge in [-0.1, -0.05) is 16.9 Å². The van der Waals surface area contributed by atoms with Gasteiger partial charge in [-0.3, -0.25) is 4.79 Å². The Balaban J connectivity index is 1.92. The quantitative estimate of drug-likeness (QED) is 0.757. The van der Waals surface area contributed by atoms with Crippen LogP contribution in [0.4, 0.5) is 0 Å². The molecule has 2 aromatic heterocycles. The van der Waals surface area contributed by atoms with E-state index < -0.39 is 5.97 Å². The topological polar surface area (TPSA) is 94.0 Å². The van der Waals surface area contributed by atoms with Crippen LogP contribution >= 0.6 is 11.8 Å². The molecule has 17 heavy (non-hydrogen) atoms. The minimum atomic E-state index is -0.859. The van der Waals surface area contributed by atoms with Crippen LogP contribution in [0.3, 0.4) is 0 Å². The van der Waals surface area contributed by atoms with Gasteiger partial charge in [0.25, 0.3) is 0 Å². The number of nitrogens with zero attached hydrogens (tertiary/aromatic N) is 4. The Morgan fingerprint density at radius 1 is 1.53 bits per heavy atom. The van der Waals surface area contributed by atoms with Crippen molar-refractivity contribution in [2.24, 2.45) is 0 Å². The number of carboxylic acids is 1. The normalized spacial score (nSPS) is 10.6. The Morgan fingerprint density at radius 2 is 2.41 bits per heavy atom. The summed E-state index contributed by atoms with van der Waals surface area (Å²) in [6, 6.07) is 0. The molecule has 0 aliphatic carbocycles. The Labute approximate surface area is 101 Å². The van der Waals surface area contributed by atoms with Crippen LogP contribution in [0.15, 0.2) is 28.5 Å². The summed E-state index contributed by atoms with van der Waals surface area (Å²) >= 11 is 1.19. The highest BCUT2D eigenvalue weighted by atomic mass is 32.2. The molecule has 2 heterocycles. The van der Waals surface area contributed by atoms with Crippen LogP contribution in [0.5, 0.6) is 0 Å². The second-order valence-electron chi connectivity index (χ2n) is 3.18. The summed E-state index contributed by atoms with van der Waals surface area (Å²) in [7, 11) is 0. The highest BCUT2D eigenvalue weighted by Gasteiger charge is 2.07. The van der Waals surface area contributed by atoms with Crippen LogP contribution in [-0.4, -0.2) is 36.5 Å². The lowest BCUT2D eigenvalue weighted by Crippen LogP contribution is -2.05. The lowest BCUT2D eigenvalue weighted by molar-refractivity contribution is -0.133. The number of aliphatic carboxylic acids is 1. The second kappa shape index (κ2) is 5.48. The lowest BCUT2D eigenvalue weighted by atomic mass is 10.4. The van der Waals surface area contributed by atoms with E-state index in [9.17, 15) is 4.79 Å². The van der Waals surface area contributed by atoms with Gasteiger partial charge in [-0.2, -0.15) is 4.98 Å². The molecule has 0 saturated carbocycles. The minimum Gasteiger partial charge on any atom is -0.481 e. The molecule has 0 unspecified atom stereocenters. The average molecular weight is 254 g/mol. The first-order valence-corrected chi connectivity index (χ1v) is 5.85. The predicted octanol–water partition coefficient (Wildman–Crippen LogP) is 0.685. The number of rotatable bonds is 6. The number of hydrogen-bond acceptors (Lipinski definition) is 6. The second-order valence-corrected chi connectivity index (χ2v) is 4.13. The Hall–Kier alpha value is -1.83. The van der Waals surface area contributed by atoms with E-state index in [2.05, 4.69) is 19.6 Å². The molecular formula is C9H10N4O3S. The van der Waals surface area contributed by atoms with Crippen LogP contribution in [0.25, 0.3) is 0 Å². The first-order valence-electron chi connectivity index (χ1n) is 4.86. The van der Waals surface area contributed by atoms with Gasteiger partial charge in [0, 0.05) is 25.4 Å². The zero-order valence-corrected chi connectivity index (χ0v) is 9.63. The van der Waals surface area contributed by atoms with E-state index in [1.54, 1.807) is 12.4 Å². The van der Waals surface area contributed by atoms with Crippen LogP contribution in [-0.2, 0) is 17.8 Å². The van der Waals surface area contributed by atoms with Crippen LogP contribution in [0, 0.1) is 0 Å². The fourth-order valence-electron chi connectivity index (χ4n) is 1.26. The van der Waals surface area contributed by atoms with Crippen molar-refractivity contribution in [1.82, 2.24) is 19.7 Å². The smallest absolute Gasteiger partial charge is 0.313 e. The number of hydrogen-bond donors (Lipinski definition) is 1. The third-order valence-corrected chi connectivity index (χ3v) is 2.97. The van der Waals surface area contributed by atoms with Gasteiger partial charge in [0.1, 0.15) is 0 Å². The van der Waals surface area contributed by atoms with Gasteiger partial charge in [0.2, 0.25) is 6.39 Å². The monoisotopic (exact) mass is 254 g/mol. The maximum absolute atomic E-state index is 10.5. The minimum absolute atomic E-state index is 0.000770. The molecule has 0 aliphatic heterocycles. The zero-order chi connectivity index (χ0) is 12.1. The van der Waals surface area contributed by atoms with E-state index in [1.165, 1.54) is 18.2 Å². The van der Waals surface area contributed by atoms with Crippen molar-refractivity contribution < 1.29 is 14.4 Å². The molecule has 8 heteroatoms. The summed E-state index contributed by atoms with van der Waals surface area (Å²) in [5.41, 5.74) is 0. The fraction of sp³-hybridized carbons (Fsp3) is 0.333. The SMILES string of the molecule is O=C(O)CSc1nccn1CCc1ncon1. The fourth-order valence-corrected chi connectivity index (χ4v) is 1.96. The highest BCUT2D eigenvalue weighted by molar-refractivity contribution is 7.99. The molecule has 0 aromatic carbocycles. The van der Waals surface area contributed by atoms with E-state index in [0.29, 0.717) is 23.9 Å².